The summed E-state index contributed by atoms with van der Waals surface area (Å²) < 4.78 is 2.00. The molecule has 0 bridgehead atoms. The van der Waals surface area contributed by atoms with Crippen LogP contribution >= 0.6 is 15.9 Å². The molecule has 1 aromatic carbocycles. The van der Waals surface area contributed by atoms with Crippen molar-refractivity contribution in [1.29, 1.82) is 0 Å². The summed E-state index contributed by atoms with van der Waals surface area (Å²) in [7, 11) is 1.72. The van der Waals surface area contributed by atoms with Gasteiger partial charge in [0.1, 0.15) is 5.69 Å². The van der Waals surface area contributed by atoms with Gasteiger partial charge >= 0.3 is 0 Å². The van der Waals surface area contributed by atoms with E-state index in [0.717, 1.165) is 30.6 Å². The van der Waals surface area contributed by atoms with E-state index in [-0.39, 0.29) is 5.78 Å². The number of halogens is 1. The number of carbonyl (C=O) groups excluding carboxylic acids is 1. The Morgan fingerprint density at radius 1 is 1.47 bits per heavy atom. The quantitative estimate of drug-likeness (QED) is 0.851. The van der Waals surface area contributed by atoms with E-state index in [1.807, 2.05) is 12.1 Å². The lowest BCUT2D eigenvalue weighted by molar-refractivity contribution is 0.102. The van der Waals surface area contributed by atoms with Gasteiger partial charge in [-0.25, -0.2) is 4.68 Å². The summed E-state index contributed by atoms with van der Waals surface area (Å²) in [5.74, 6) is -0.0295. The standard InChI is InChI=1S/C13H13BrN4O/c1-18-11(13(14)16-17-18)12(19)10-4-2-3-8-7-15-6-5-9(8)10/h2-4,15H,5-7H2,1H3. The van der Waals surface area contributed by atoms with Gasteiger partial charge in [0.05, 0.1) is 0 Å². The van der Waals surface area contributed by atoms with Crippen LogP contribution in [0.2, 0.25) is 0 Å². The minimum Gasteiger partial charge on any atom is -0.312 e. The van der Waals surface area contributed by atoms with Gasteiger partial charge < -0.3 is 5.32 Å². The summed E-state index contributed by atoms with van der Waals surface area (Å²) in [5.41, 5.74) is 3.58. The van der Waals surface area contributed by atoms with Crippen molar-refractivity contribution in [3.8, 4) is 0 Å². The fraction of sp³-hybridized carbons (Fsp3) is 0.308. The number of ketones is 1. The molecule has 0 atom stereocenters. The number of hydrogen-bond donors (Lipinski definition) is 1. The van der Waals surface area contributed by atoms with Gasteiger partial charge in [-0.2, -0.15) is 0 Å². The fourth-order valence-electron chi connectivity index (χ4n) is 2.44. The van der Waals surface area contributed by atoms with Crippen molar-refractivity contribution in [2.24, 2.45) is 7.05 Å². The molecule has 0 amide bonds. The maximum absolute atomic E-state index is 12.7. The molecule has 0 saturated heterocycles. The minimum absolute atomic E-state index is 0.0295. The molecule has 1 aliphatic rings. The Bertz CT molecular complexity index is 631. The second kappa shape index (κ2) is 4.86. The van der Waals surface area contributed by atoms with Crippen LogP contribution in [-0.4, -0.2) is 27.3 Å². The highest BCUT2D eigenvalue weighted by Gasteiger charge is 2.23. The van der Waals surface area contributed by atoms with E-state index in [4.69, 9.17) is 0 Å². The molecular formula is C13H13BrN4O. The van der Waals surface area contributed by atoms with Crippen LogP contribution in [0.25, 0.3) is 0 Å². The molecule has 98 valence electrons. The van der Waals surface area contributed by atoms with Crippen LogP contribution in [0.3, 0.4) is 0 Å². The summed E-state index contributed by atoms with van der Waals surface area (Å²) in [6, 6.07) is 5.87. The molecule has 1 aliphatic heterocycles. The van der Waals surface area contributed by atoms with E-state index in [2.05, 4.69) is 37.6 Å². The van der Waals surface area contributed by atoms with E-state index in [1.54, 1.807) is 7.05 Å². The number of aromatic nitrogens is 3. The monoisotopic (exact) mass is 320 g/mol. The van der Waals surface area contributed by atoms with Gasteiger partial charge in [0.2, 0.25) is 5.78 Å². The maximum Gasteiger partial charge on any atom is 0.214 e. The molecule has 0 radical (unpaired) electrons. The van der Waals surface area contributed by atoms with Crippen LogP contribution in [-0.2, 0) is 20.0 Å². The first kappa shape index (κ1) is 12.5. The minimum atomic E-state index is -0.0295. The molecule has 0 unspecified atom stereocenters. The molecule has 0 spiro atoms. The number of rotatable bonds is 2. The van der Waals surface area contributed by atoms with Crippen LogP contribution in [0, 0.1) is 0 Å². The molecular weight excluding hydrogens is 308 g/mol. The third kappa shape index (κ3) is 2.11. The van der Waals surface area contributed by atoms with Crippen molar-refractivity contribution < 1.29 is 4.79 Å². The first-order valence-corrected chi connectivity index (χ1v) is 6.89. The summed E-state index contributed by atoms with van der Waals surface area (Å²) in [5, 5.41) is 11.0. The molecule has 1 aromatic heterocycles. The SMILES string of the molecule is Cn1nnc(Br)c1C(=O)c1cccc2c1CCNC2. The van der Waals surface area contributed by atoms with Crippen molar-refractivity contribution in [1.82, 2.24) is 20.3 Å². The van der Waals surface area contributed by atoms with Crippen molar-refractivity contribution in [2.75, 3.05) is 6.54 Å². The number of fused-ring (bicyclic) bond motifs is 1. The molecule has 5 nitrogen and oxygen atoms in total. The summed E-state index contributed by atoms with van der Waals surface area (Å²) in [4.78, 5) is 12.7. The highest BCUT2D eigenvalue weighted by molar-refractivity contribution is 9.10. The second-order valence-electron chi connectivity index (χ2n) is 4.55. The van der Waals surface area contributed by atoms with Gasteiger partial charge in [0, 0.05) is 19.2 Å². The first-order chi connectivity index (χ1) is 9.18. The molecule has 0 aliphatic carbocycles. The van der Waals surface area contributed by atoms with E-state index in [1.165, 1.54) is 10.2 Å². The lowest BCUT2D eigenvalue weighted by Gasteiger charge is -2.19. The molecule has 19 heavy (non-hydrogen) atoms. The zero-order valence-electron chi connectivity index (χ0n) is 10.5. The lowest BCUT2D eigenvalue weighted by atomic mass is 9.92. The lowest BCUT2D eigenvalue weighted by Crippen LogP contribution is -2.26. The molecule has 3 rings (SSSR count). The van der Waals surface area contributed by atoms with Gasteiger partial charge in [-0.3, -0.25) is 4.79 Å². The number of aryl methyl sites for hydroxylation is 1. The van der Waals surface area contributed by atoms with Crippen LogP contribution in [0.1, 0.15) is 27.2 Å². The molecule has 2 aromatic rings. The zero-order chi connectivity index (χ0) is 13.4. The van der Waals surface area contributed by atoms with Crippen LogP contribution in [0.4, 0.5) is 0 Å². The predicted molar refractivity (Wildman–Crippen MR) is 74.0 cm³/mol. The number of benzene rings is 1. The Labute approximate surface area is 119 Å². The molecule has 2 heterocycles. The van der Waals surface area contributed by atoms with Crippen molar-refractivity contribution in [3.63, 3.8) is 0 Å². The summed E-state index contributed by atoms with van der Waals surface area (Å²) >= 11 is 3.28. The Hall–Kier alpha value is -1.53. The molecule has 1 N–H and O–H groups in total. The van der Waals surface area contributed by atoms with E-state index in [0.29, 0.717) is 10.3 Å². The topological polar surface area (TPSA) is 59.8 Å². The van der Waals surface area contributed by atoms with Crippen molar-refractivity contribution in [2.45, 2.75) is 13.0 Å². The van der Waals surface area contributed by atoms with E-state index >= 15 is 0 Å². The normalized spacial score (nSPS) is 14.2. The van der Waals surface area contributed by atoms with E-state index < -0.39 is 0 Å². The van der Waals surface area contributed by atoms with Gasteiger partial charge in [0.25, 0.3) is 0 Å². The van der Waals surface area contributed by atoms with Crippen molar-refractivity contribution in [3.05, 3.63) is 45.2 Å². The van der Waals surface area contributed by atoms with Gasteiger partial charge in [0.15, 0.2) is 4.60 Å². The number of nitrogens with zero attached hydrogens (tertiary/aromatic N) is 3. The first-order valence-electron chi connectivity index (χ1n) is 6.10. The second-order valence-corrected chi connectivity index (χ2v) is 5.30. The molecule has 0 fully saturated rings. The zero-order valence-corrected chi connectivity index (χ0v) is 12.1. The largest absolute Gasteiger partial charge is 0.312 e. The highest BCUT2D eigenvalue weighted by Crippen LogP contribution is 2.23. The number of carbonyl (C=O) groups is 1. The average molecular weight is 321 g/mol. The molecule has 0 saturated carbocycles. The van der Waals surface area contributed by atoms with Gasteiger partial charge in [-0.05, 0) is 40.0 Å². The maximum atomic E-state index is 12.7. The highest BCUT2D eigenvalue weighted by atomic mass is 79.9. The van der Waals surface area contributed by atoms with Crippen LogP contribution < -0.4 is 5.32 Å². The average Bonchev–Trinajstić information content (AvgIpc) is 2.77. The smallest absolute Gasteiger partial charge is 0.214 e. The third-order valence-electron chi connectivity index (χ3n) is 3.39. The fourth-order valence-corrected chi connectivity index (χ4v) is 2.95. The Morgan fingerprint density at radius 2 is 2.32 bits per heavy atom. The Balaban J connectivity index is 2.10. The van der Waals surface area contributed by atoms with Crippen LogP contribution in [0.15, 0.2) is 22.8 Å². The van der Waals surface area contributed by atoms with Crippen LogP contribution in [0.5, 0.6) is 0 Å². The van der Waals surface area contributed by atoms with Gasteiger partial charge in [-0.1, -0.05) is 23.4 Å². The summed E-state index contributed by atoms with van der Waals surface area (Å²) in [6.45, 7) is 1.73. The Kier molecular flexibility index (Phi) is 3.20. The van der Waals surface area contributed by atoms with E-state index in [9.17, 15) is 4.79 Å². The van der Waals surface area contributed by atoms with Crippen molar-refractivity contribution >= 4 is 21.7 Å². The number of nitrogens with one attached hydrogen (secondary N) is 1. The van der Waals surface area contributed by atoms with Gasteiger partial charge in [-0.15, -0.1) is 5.10 Å². The third-order valence-corrected chi connectivity index (χ3v) is 3.92. The number of hydrogen-bond acceptors (Lipinski definition) is 4. The molecule has 6 heteroatoms. The summed E-state index contributed by atoms with van der Waals surface area (Å²) in [6.07, 6.45) is 0.875. The predicted octanol–water partition coefficient (Wildman–Crippen LogP) is 1.45. The Morgan fingerprint density at radius 3 is 3.05 bits per heavy atom.